The van der Waals surface area contributed by atoms with Gasteiger partial charge in [0.1, 0.15) is 0 Å². The highest BCUT2D eigenvalue weighted by atomic mass is 16.4. The number of carbonyl (C=O) groups excluding carboxylic acids is 1. The van der Waals surface area contributed by atoms with Gasteiger partial charge in [0.2, 0.25) is 5.91 Å². The molecule has 0 heterocycles. The molecule has 0 spiro atoms. The Hall–Kier alpha value is -1.88. The number of carbonyl (C=O) groups is 2. The van der Waals surface area contributed by atoms with Gasteiger partial charge < -0.3 is 15.5 Å². The number of carboxylic acid groups (broad SMARTS) is 1. The zero-order chi connectivity index (χ0) is 15.8. The summed E-state index contributed by atoms with van der Waals surface area (Å²) in [6, 6.07) is 9.16. The van der Waals surface area contributed by atoms with Crippen molar-refractivity contribution in [1.29, 1.82) is 0 Å². The molecule has 1 aromatic carbocycles. The fourth-order valence-corrected chi connectivity index (χ4v) is 2.95. The monoisotopic (exact) mass is 291 g/mol. The van der Waals surface area contributed by atoms with E-state index < -0.39 is 28.8 Å². The van der Waals surface area contributed by atoms with E-state index in [9.17, 15) is 14.7 Å². The molecule has 0 aromatic heterocycles. The van der Waals surface area contributed by atoms with Crippen LogP contribution in [0.1, 0.15) is 26.3 Å². The van der Waals surface area contributed by atoms with Gasteiger partial charge in [0.25, 0.3) is 0 Å². The third kappa shape index (κ3) is 2.65. The summed E-state index contributed by atoms with van der Waals surface area (Å²) in [6.07, 6.45) is 0. The molecule has 0 radical (unpaired) electrons. The van der Waals surface area contributed by atoms with Gasteiger partial charge in [-0.3, -0.25) is 9.59 Å². The van der Waals surface area contributed by atoms with Crippen LogP contribution in [0.2, 0.25) is 0 Å². The summed E-state index contributed by atoms with van der Waals surface area (Å²) in [5.74, 6) is -2.51. The van der Waals surface area contributed by atoms with Crippen molar-refractivity contribution in [3.8, 4) is 0 Å². The van der Waals surface area contributed by atoms with Gasteiger partial charge in [0, 0.05) is 0 Å². The summed E-state index contributed by atoms with van der Waals surface area (Å²) >= 11 is 0. The molecule has 0 aliphatic heterocycles. The third-order valence-corrected chi connectivity index (χ3v) is 4.50. The van der Waals surface area contributed by atoms with E-state index in [4.69, 9.17) is 5.11 Å². The highest BCUT2D eigenvalue weighted by Gasteiger charge is 2.66. The molecule has 1 fully saturated rings. The molecule has 5 nitrogen and oxygen atoms in total. The SMILES string of the molecule is CC(CO)(NC(=O)[C@H]1[C@@H](C(=O)O)C1(C)C)c1ccccc1. The minimum atomic E-state index is -0.953. The van der Waals surface area contributed by atoms with Crippen molar-refractivity contribution in [3.05, 3.63) is 35.9 Å². The lowest BCUT2D eigenvalue weighted by atomic mass is 9.92. The molecule has 0 bridgehead atoms. The first kappa shape index (κ1) is 15.5. The van der Waals surface area contributed by atoms with Crippen LogP contribution in [0, 0.1) is 17.3 Å². The van der Waals surface area contributed by atoms with Crippen molar-refractivity contribution in [3.63, 3.8) is 0 Å². The summed E-state index contributed by atoms with van der Waals surface area (Å²) < 4.78 is 0. The first-order chi connectivity index (χ1) is 9.74. The summed E-state index contributed by atoms with van der Waals surface area (Å²) in [4.78, 5) is 23.6. The Morgan fingerprint density at radius 2 is 1.81 bits per heavy atom. The van der Waals surface area contributed by atoms with Crippen LogP contribution in [0.25, 0.3) is 0 Å². The normalized spacial score (nSPS) is 25.7. The van der Waals surface area contributed by atoms with Crippen LogP contribution in [0.3, 0.4) is 0 Å². The van der Waals surface area contributed by atoms with Crippen LogP contribution >= 0.6 is 0 Å². The number of aliphatic carboxylic acids is 1. The van der Waals surface area contributed by atoms with E-state index >= 15 is 0 Å². The minimum absolute atomic E-state index is 0.256. The van der Waals surface area contributed by atoms with Crippen molar-refractivity contribution in [1.82, 2.24) is 5.32 Å². The maximum absolute atomic E-state index is 12.4. The fraction of sp³-hybridized carbons (Fsp3) is 0.500. The molecule has 21 heavy (non-hydrogen) atoms. The number of aliphatic hydroxyl groups is 1. The maximum atomic E-state index is 12.4. The number of carboxylic acids is 1. The zero-order valence-electron chi connectivity index (χ0n) is 12.5. The number of rotatable bonds is 5. The molecule has 3 N–H and O–H groups in total. The van der Waals surface area contributed by atoms with Gasteiger partial charge in [-0.15, -0.1) is 0 Å². The van der Waals surface area contributed by atoms with Crippen LogP contribution in [0.4, 0.5) is 0 Å². The van der Waals surface area contributed by atoms with Crippen molar-refractivity contribution < 1.29 is 19.8 Å². The van der Waals surface area contributed by atoms with E-state index in [2.05, 4.69) is 5.32 Å². The molecular weight excluding hydrogens is 270 g/mol. The largest absolute Gasteiger partial charge is 0.481 e. The Labute approximate surface area is 124 Å². The molecule has 1 unspecified atom stereocenters. The molecule has 0 saturated heterocycles. The number of nitrogens with one attached hydrogen (secondary N) is 1. The van der Waals surface area contributed by atoms with Crippen LogP contribution in [-0.2, 0) is 15.1 Å². The number of hydrogen-bond acceptors (Lipinski definition) is 3. The highest BCUT2D eigenvalue weighted by molar-refractivity contribution is 5.92. The fourth-order valence-electron chi connectivity index (χ4n) is 2.95. The van der Waals surface area contributed by atoms with Gasteiger partial charge in [-0.2, -0.15) is 0 Å². The molecule has 1 saturated carbocycles. The molecule has 2 rings (SSSR count). The lowest BCUT2D eigenvalue weighted by Crippen LogP contribution is -2.47. The average molecular weight is 291 g/mol. The zero-order valence-corrected chi connectivity index (χ0v) is 12.5. The van der Waals surface area contributed by atoms with E-state index in [0.29, 0.717) is 0 Å². The molecule has 1 aromatic rings. The minimum Gasteiger partial charge on any atom is -0.481 e. The van der Waals surface area contributed by atoms with Crippen molar-refractivity contribution in [2.45, 2.75) is 26.3 Å². The second-order valence-electron chi connectivity index (χ2n) is 6.46. The lowest BCUT2D eigenvalue weighted by Gasteiger charge is -2.29. The van der Waals surface area contributed by atoms with Gasteiger partial charge in [0.05, 0.1) is 24.0 Å². The number of amides is 1. The van der Waals surface area contributed by atoms with E-state index in [0.717, 1.165) is 5.56 Å². The van der Waals surface area contributed by atoms with E-state index in [1.165, 1.54) is 0 Å². The molecule has 1 aliphatic rings. The Balaban J connectivity index is 2.17. The number of benzene rings is 1. The second kappa shape index (κ2) is 5.15. The number of aliphatic hydroxyl groups excluding tert-OH is 1. The smallest absolute Gasteiger partial charge is 0.307 e. The van der Waals surface area contributed by atoms with Gasteiger partial charge in [-0.05, 0) is 17.9 Å². The van der Waals surface area contributed by atoms with Gasteiger partial charge in [-0.1, -0.05) is 44.2 Å². The Bertz CT molecular complexity index is 555. The predicted molar refractivity (Wildman–Crippen MR) is 77.4 cm³/mol. The first-order valence-electron chi connectivity index (χ1n) is 6.95. The Morgan fingerprint density at radius 3 is 2.24 bits per heavy atom. The molecule has 3 atom stereocenters. The second-order valence-corrected chi connectivity index (χ2v) is 6.46. The molecule has 114 valence electrons. The molecule has 5 heteroatoms. The summed E-state index contributed by atoms with van der Waals surface area (Å²) in [7, 11) is 0. The molecular formula is C16H21NO4. The Morgan fingerprint density at radius 1 is 1.24 bits per heavy atom. The average Bonchev–Trinajstić information content (AvgIpc) is 3.03. The number of hydrogen-bond donors (Lipinski definition) is 3. The lowest BCUT2D eigenvalue weighted by molar-refractivity contribution is -0.140. The van der Waals surface area contributed by atoms with Crippen molar-refractivity contribution in [2.75, 3.05) is 6.61 Å². The molecule has 1 amide bonds. The Kier molecular flexibility index (Phi) is 3.80. The van der Waals surface area contributed by atoms with E-state index in [-0.39, 0.29) is 12.5 Å². The first-order valence-corrected chi connectivity index (χ1v) is 6.95. The predicted octanol–water partition coefficient (Wildman–Crippen LogP) is 1.37. The topological polar surface area (TPSA) is 86.6 Å². The van der Waals surface area contributed by atoms with Gasteiger partial charge in [-0.25, -0.2) is 0 Å². The quantitative estimate of drug-likeness (QED) is 0.764. The molecule has 1 aliphatic carbocycles. The summed E-state index contributed by atoms with van der Waals surface area (Å²) in [6.45, 7) is 5.02. The highest BCUT2D eigenvalue weighted by Crippen LogP contribution is 2.58. The standard InChI is InChI=1S/C16H21NO4/c1-15(2)11(12(15)14(20)21)13(19)17-16(3,9-18)10-7-5-4-6-8-10/h4-8,11-12,18H,9H2,1-3H3,(H,17,19)(H,20,21)/t11-,12+,16?/m1/s1. The van der Waals surface area contributed by atoms with Gasteiger partial charge >= 0.3 is 5.97 Å². The van der Waals surface area contributed by atoms with Crippen molar-refractivity contribution in [2.24, 2.45) is 17.3 Å². The summed E-state index contributed by atoms with van der Waals surface area (Å²) in [5.41, 5.74) is -0.686. The third-order valence-electron chi connectivity index (χ3n) is 4.50. The van der Waals surface area contributed by atoms with Crippen LogP contribution in [0.15, 0.2) is 30.3 Å². The van der Waals surface area contributed by atoms with Crippen LogP contribution < -0.4 is 5.32 Å². The van der Waals surface area contributed by atoms with Crippen LogP contribution in [-0.4, -0.2) is 28.7 Å². The summed E-state index contributed by atoms with van der Waals surface area (Å²) in [5, 5.41) is 21.6. The van der Waals surface area contributed by atoms with Gasteiger partial charge in [0.15, 0.2) is 0 Å². The van der Waals surface area contributed by atoms with E-state index in [1.807, 2.05) is 30.3 Å². The van der Waals surface area contributed by atoms with Crippen LogP contribution in [0.5, 0.6) is 0 Å². The van der Waals surface area contributed by atoms with Crippen molar-refractivity contribution >= 4 is 11.9 Å². The van der Waals surface area contributed by atoms with E-state index in [1.54, 1.807) is 20.8 Å². The maximum Gasteiger partial charge on any atom is 0.307 e.